The third kappa shape index (κ3) is 3.54. The molecule has 0 fully saturated rings. The predicted molar refractivity (Wildman–Crippen MR) is 112 cm³/mol. The van der Waals surface area contributed by atoms with Gasteiger partial charge >= 0.3 is 0 Å². The van der Waals surface area contributed by atoms with Gasteiger partial charge in [-0.3, -0.25) is 4.98 Å². The summed E-state index contributed by atoms with van der Waals surface area (Å²) >= 11 is 6.07. The molecule has 0 unspecified atom stereocenters. The van der Waals surface area contributed by atoms with Gasteiger partial charge in [-0.15, -0.1) is 0 Å². The number of benzene rings is 2. The first-order valence-electron chi connectivity index (χ1n) is 8.69. The third-order valence-electron chi connectivity index (χ3n) is 4.30. The highest BCUT2D eigenvalue weighted by atomic mass is 35.5. The molecule has 0 spiro atoms. The van der Waals surface area contributed by atoms with E-state index in [2.05, 4.69) is 20.3 Å². The summed E-state index contributed by atoms with van der Waals surface area (Å²) in [6, 6.07) is 15.3. The van der Waals surface area contributed by atoms with Crippen molar-refractivity contribution in [3.63, 3.8) is 0 Å². The first-order valence-corrected chi connectivity index (χ1v) is 9.07. The van der Waals surface area contributed by atoms with Crippen molar-refractivity contribution < 1.29 is 4.74 Å². The summed E-state index contributed by atoms with van der Waals surface area (Å²) in [5.41, 5.74) is 10.1. The van der Waals surface area contributed by atoms with Gasteiger partial charge in [0.1, 0.15) is 17.8 Å². The molecule has 6 nitrogen and oxygen atoms in total. The van der Waals surface area contributed by atoms with Crippen LogP contribution >= 0.6 is 11.6 Å². The number of halogens is 1. The third-order valence-corrected chi connectivity index (χ3v) is 4.73. The number of rotatable bonds is 4. The van der Waals surface area contributed by atoms with Gasteiger partial charge in [-0.05, 0) is 49.7 Å². The molecule has 7 heteroatoms. The van der Waals surface area contributed by atoms with Crippen LogP contribution in [0, 0.1) is 13.8 Å². The standard InChI is InChI=1S/C21H18ClN5O/c1-12-10-15(8-9-16(12)22)28-21-18(23)20(24-11-25-21)27-17-5-3-4-14-7-6-13(2)26-19(14)17/h3-11H,23H2,1-2H3,(H,24,25,27). The number of nitrogen functional groups attached to an aromatic ring is 1. The van der Waals surface area contributed by atoms with Gasteiger partial charge in [0.2, 0.25) is 5.88 Å². The van der Waals surface area contributed by atoms with Crippen LogP contribution in [0.25, 0.3) is 10.9 Å². The number of anilines is 3. The Morgan fingerprint density at radius 1 is 1.04 bits per heavy atom. The van der Waals surface area contributed by atoms with Gasteiger partial charge in [0.25, 0.3) is 0 Å². The maximum atomic E-state index is 6.26. The minimum atomic E-state index is 0.267. The van der Waals surface area contributed by atoms with E-state index < -0.39 is 0 Å². The highest BCUT2D eigenvalue weighted by Crippen LogP contribution is 2.33. The van der Waals surface area contributed by atoms with E-state index in [1.54, 1.807) is 12.1 Å². The van der Waals surface area contributed by atoms with Crippen molar-refractivity contribution in [3.8, 4) is 11.6 Å². The average Bonchev–Trinajstić information content (AvgIpc) is 2.68. The second-order valence-corrected chi connectivity index (χ2v) is 6.82. The van der Waals surface area contributed by atoms with Crippen LogP contribution in [0.3, 0.4) is 0 Å². The molecule has 28 heavy (non-hydrogen) atoms. The molecule has 2 aromatic carbocycles. The zero-order valence-electron chi connectivity index (χ0n) is 15.4. The number of hydrogen-bond donors (Lipinski definition) is 2. The molecule has 0 aliphatic rings. The van der Waals surface area contributed by atoms with Crippen LogP contribution in [-0.4, -0.2) is 15.0 Å². The number of nitrogens with one attached hydrogen (secondary N) is 1. The van der Waals surface area contributed by atoms with E-state index in [1.165, 1.54) is 6.33 Å². The number of nitrogens with zero attached hydrogens (tertiary/aromatic N) is 3. The largest absolute Gasteiger partial charge is 0.437 e. The Balaban J connectivity index is 1.67. The topological polar surface area (TPSA) is 86.0 Å². The number of aromatic nitrogens is 3. The first kappa shape index (κ1) is 18.0. The van der Waals surface area contributed by atoms with Gasteiger partial charge in [0.15, 0.2) is 5.82 Å². The van der Waals surface area contributed by atoms with Gasteiger partial charge in [-0.2, -0.15) is 4.98 Å². The molecule has 3 N–H and O–H groups in total. The molecule has 0 saturated carbocycles. The number of nitrogens with two attached hydrogens (primary N) is 1. The van der Waals surface area contributed by atoms with Crippen LogP contribution < -0.4 is 15.8 Å². The summed E-state index contributed by atoms with van der Waals surface area (Å²) in [5, 5.41) is 4.94. The van der Waals surface area contributed by atoms with Gasteiger partial charge in [-0.1, -0.05) is 29.8 Å². The van der Waals surface area contributed by atoms with Crippen molar-refractivity contribution in [2.45, 2.75) is 13.8 Å². The summed E-state index contributed by atoms with van der Waals surface area (Å²) in [7, 11) is 0. The Hall–Kier alpha value is -3.38. The van der Waals surface area contributed by atoms with Gasteiger partial charge in [-0.25, -0.2) is 4.98 Å². The molecule has 0 amide bonds. The van der Waals surface area contributed by atoms with Crippen LogP contribution in [-0.2, 0) is 0 Å². The molecule has 4 rings (SSSR count). The number of ether oxygens (including phenoxy) is 1. The first-order chi connectivity index (χ1) is 13.5. The Morgan fingerprint density at radius 2 is 1.89 bits per heavy atom. The molecule has 0 saturated heterocycles. The minimum Gasteiger partial charge on any atom is -0.437 e. The summed E-state index contributed by atoms with van der Waals surface area (Å²) in [6.45, 7) is 3.86. The number of aryl methyl sites for hydroxylation is 2. The molecule has 0 aliphatic carbocycles. The van der Waals surface area contributed by atoms with E-state index in [0.717, 1.165) is 27.8 Å². The molecule has 0 bridgehead atoms. The molecule has 2 heterocycles. The highest BCUT2D eigenvalue weighted by molar-refractivity contribution is 6.31. The Morgan fingerprint density at radius 3 is 2.71 bits per heavy atom. The lowest BCUT2D eigenvalue weighted by atomic mass is 10.1. The molecule has 4 aromatic rings. The van der Waals surface area contributed by atoms with Crippen LogP contribution in [0.15, 0.2) is 54.9 Å². The second kappa shape index (κ2) is 7.32. The summed E-state index contributed by atoms with van der Waals surface area (Å²) in [5.74, 6) is 1.32. The van der Waals surface area contributed by atoms with E-state index >= 15 is 0 Å². The van der Waals surface area contributed by atoms with Gasteiger partial charge < -0.3 is 15.8 Å². The van der Waals surface area contributed by atoms with E-state index in [4.69, 9.17) is 22.1 Å². The fourth-order valence-corrected chi connectivity index (χ4v) is 2.94. The summed E-state index contributed by atoms with van der Waals surface area (Å²) < 4.78 is 5.84. The van der Waals surface area contributed by atoms with Crippen LogP contribution in [0.5, 0.6) is 11.6 Å². The van der Waals surface area contributed by atoms with E-state index in [1.807, 2.05) is 50.2 Å². The summed E-state index contributed by atoms with van der Waals surface area (Å²) in [4.78, 5) is 13.0. The Bertz CT molecular complexity index is 1180. The van der Waals surface area contributed by atoms with E-state index in [9.17, 15) is 0 Å². The van der Waals surface area contributed by atoms with Crippen molar-refractivity contribution in [2.24, 2.45) is 0 Å². The number of pyridine rings is 1. The number of hydrogen-bond acceptors (Lipinski definition) is 6. The average molecular weight is 392 g/mol. The van der Waals surface area contributed by atoms with Gasteiger partial charge in [0.05, 0.1) is 11.2 Å². The maximum absolute atomic E-state index is 6.26. The van der Waals surface area contributed by atoms with Crippen LogP contribution in [0.2, 0.25) is 5.02 Å². The van der Waals surface area contributed by atoms with Crippen molar-refractivity contribution >= 4 is 39.7 Å². The summed E-state index contributed by atoms with van der Waals surface area (Å²) in [6.07, 6.45) is 1.40. The van der Waals surface area contributed by atoms with Crippen LogP contribution in [0.4, 0.5) is 17.2 Å². The smallest absolute Gasteiger partial charge is 0.248 e. The molecular formula is C21H18ClN5O. The molecule has 0 aliphatic heterocycles. The minimum absolute atomic E-state index is 0.267. The van der Waals surface area contributed by atoms with Crippen LogP contribution in [0.1, 0.15) is 11.3 Å². The molecular weight excluding hydrogens is 374 g/mol. The van der Waals surface area contributed by atoms with Gasteiger partial charge in [0, 0.05) is 16.1 Å². The quantitative estimate of drug-likeness (QED) is 0.483. The number of fused-ring (bicyclic) bond motifs is 1. The zero-order chi connectivity index (χ0) is 19.7. The van der Waals surface area contributed by atoms with E-state index in [-0.39, 0.29) is 5.88 Å². The zero-order valence-corrected chi connectivity index (χ0v) is 16.2. The monoisotopic (exact) mass is 391 g/mol. The van der Waals surface area contributed by atoms with Crippen molar-refractivity contribution in [1.82, 2.24) is 15.0 Å². The second-order valence-electron chi connectivity index (χ2n) is 6.41. The number of para-hydroxylation sites is 1. The van der Waals surface area contributed by atoms with Crippen molar-refractivity contribution in [1.29, 1.82) is 0 Å². The molecule has 0 radical (unpaired) electrons. The fraction of sp³-hybridized carbons (Fsp3) is 0.0952. The lowest BCUT2D eigenvalue weighted by Crippen LogP contribution is -2.04. The Labute approximate surface area is 167 Å². The molecule has 2 aromatic heterocycles. The maximum Gasteiger partial charge on any atom is 0.248 e. The van der Waals surface area contributed by atoms with E-state index in [0.29, 0.717) is 22.3 Å². The van der Waals surface area contributed by atoms with Crippen molar-refractivity contribution in [3.05, 3.63) is 71.1 Å². The fourth-order valence-electron chi connectivity index (χ4n) is 2.83. The lowest BCUT2D eigenvalue weighted by molar-refractivity contribution is 0.464. The van der Waals surface area contributed by atoms with Crippen molar-refractivity contribution in [2.75, 3.05) is 11.1 Å². The normalized spacial score (nSPS) is 10.8. The molecule has 140 valence electrons. The lowest BCUT2D eigenvalue weighted by Gasteiger charge is -2.13. The highest BCUT2D eigenvalue weighted by Gasteiger charge is 2.13. The SMILES string of the molecule is Cc1ccc2cccc(Nc3ncnc(Oc4ccc(Cl)c(C)c4)c3N)c2n1. The predicted octanol–water partition coefficient (Wildman–Crippen LogP) is 5.41. The Kier molecular flexibility index (Phi) is 4.71. The molecule has 0 atom stereocenters.